The molecule has 0 aliphatic rings. The van der Waals surface area contributed by atoms with Crippen molar-refractivity contribution >= 4 is 11.8 Å². The summed E-state index contributed by atoms with van der Waals surface area (Å²) < 4.78 is 5.02. The number of benzene rings is 1. The average Bonchev–Trinajstić information content (AvgIpc) is 2.26. The van der Waals surface area contributed by atoms with Crippen molar-refractivity contribution in [3.8, 4) is 5.75 Å². The Morgan fingerprint density at radius 1 is 1.31 bits per heavy atom. The molecule has 1 rings (SSSR count). The molecule has 0 saturated carbocycles. The van der Waals surface area contributed by atoms with E-state index in [1.54, 1.807) is 26.0 Å². The van der Waals surface area contributed by atoms with Crippen LogP contribution in [0.2, 0.25) is 0 Å². The second-order valence-corrected chi connectivity index (χ2v) is 3.71. The minimum Gasteiger partial charge on any atom is -0.496 e. The van der Waals surface area contributed by atoms with Crippen molar-refractivity contribution in [3.05, 3.63) is 29.3 Å². The van der Waals surface area contributed by atoms with Crippen LogP contribution in [-0.4, -0.2) is 24.0 Å². The lowest BCUT2D eigenvalue weighted by Crippen LogP contribution is -2.14. The number of carbonyl (C=O) groups excluding carboxylic acids is 1. The lowest BCUT2D eigenvalue weighted by molar-refractivity contribution is 0.0690. The van der Waals surface area contributed by atoms with Crippen molar-refractivity contribution in [2.24, 2.45) is 5.92 Å². The monoisotopic (exact) mass is 222 g/mol. The molecular weight excluding hydrogens is 208 g/mol. The van der Waals surface area contributed by atoms with E-state index in [2.05, 4.69) is 0 Å². The number of Topliss-reactive ketones (excluding diaryl/α,β-unsaturated/α-hetero) is 1. The highest BCUT2D eigenvalue weighted by molar-refractivity contribution is 6.08. The summed E-state index contributed by atoms with van der Waals surface area (Å²) in [7, 11) is 1.41. The highest BCUT2D eigenvalue weighted by Gasteiger charge is 2.22. The minimum atomic E-state index is -1.12. The topological polar surface area (TPSA) is 63.6 Å². The zero-order valence-corrected chi connectivity index (χ0v) is 9.48. The summed E-state index contributed by atoms with van der Waals surface area (Å²) in [6.45, 7) is 3.45. The van der Waals surface area contributed by atoms with Crippen molar-refractivity contribution in [1.82, 2.24) is 0 Å². The first-order valence-electron chi connectivity index (χ1n) is 4.93. The molecule has 0 amide bonds. The smallest absolute Gasteiger partial charge is 0.336 e. The largest absolute Gasteiger partial charge is 0.496 e. The van der Waals surface area contributed by atoms with Crippen LogP contribution >= 0.6 is 0 Å². The Morgan fingerprint density at radius 2 is 1.94 bits per heavy atom. The number of rotatable bonds is 4. The van der Waals surface area contributed by atoms with Gasteiger partial charge in [-0.05, 0) is 12.1 Å². The molecule has 0 spiro atoms. The quantitative estimate of drug-likeness (QED) is 0.793. The molecule has 0 bridgehead atoms. The number of ether oxygens (including phenoxy) is 1. The SMILES string of the molecule is COc1cccc(C(=O)O)c1C(=O)C(C)C. The third-order valence-corrected chi connectivity index (χ3v) is 2.25. The summed E-state index contributed by atoms with van der Waals surface area (Å²) in [5.41, 5.74) is 0.130. The summed E-state index contributed by atoms with van der Waals surface area (Å²) in [5.74, 6) is -1.31. The molecule has 0 saturated heterocycles. The second kappa shape index (κ2) is 4.79. The Morgan fingerprint density at radius 3 is 2.38 bits per heavy atom. The molecule has 0 radical (unpaired) electrons. The van der Waals surface area contributed by atoms with Gasteiger partial charge in [0.2, 0.25) is 0 Å². The summed E-state index contributed by atoms with van der Waals surface area (Å²) in [6, 6.07) is 4.54. The Hall–Kier alpha value is -1.84. The zero-order chi connectivity index (χ0) is 12.3. The van der Waals surface area contributed by atoms with Gasteiger partial charge in [-0.1, -0.05) is 19.9 Å². The Labute approximate surface area is 93.9 Å². The van der Waals surface area contributed by atoms with Gasteiger partial charge < -0.3 is 9.84 Å². The molecule has 0 aromatic heterocycles. The lowest BCUT2D eigenvalue weighted by Gasteiger charge is -2.12. The van der Waals surface area contributed by atoms with E-state index in [0.29, 0.717) is 5.75 Å². The fourth-order valence-electron chi connectivity index (χ4n) is 1.42. The van der Waals surface area contributed by atoms with Crippen molar-refractivity contribution in [1.29, 1.82) is 0 Å². The third kappa shape index (κ3) is 2.21. The molecular formula is C12H14O4. The van der Waals surface area contributed by atoms with Gasteiger partial charge in [0.05, 0.1) is 18.2 Å². The van der Waals surface area contributed by atoms with E-state index in [4.69, 9.17) is 9.84 Å². The zero-order valence-electron chi connectivity index (χ0n) is 9.48. The van der Waals surface area contributed by atoms with E-state index in [-0.39, 0.29) is 22.8 Å². The molecule has 0 atom stereocenters. The molecule has 1 N–H and O–H groups in total. The van der Waals surface area contributed by atoms with Crippen LogP contribution in [0, 0.1) is 5.92 Å². The Balaban J connectivity index is 3.42. The van der Waals surface area contributed by atoms with E-state index in [0.717, 1.165) is 0 Å². The summed E-state index contributed by atoms with van der Waals surface area (Å²) in [5, 5.41) is 9.01. The molecule has 0 fully saturated rings. The van der Waals surface area contributed by atoms with E-state index in [1.807, 2.05) is 0 Å². The first-order chi connectivity index (χ1) is 7.49. The average molecular weight is 222 g/mol. The maximum atomic E-state index is 11.9. The maximum absolute atomic E-state index is 11.9. The van der Waals surface area contributed by atoms with Gasteiger partial charge in [0.1, 0.15) is 5.75 Å². The normalized spacial score (nSPS) is 10.2. The van der Waals surface area contributed by atoms with Crippen molar-refractivity contribution in [2.75, 3.05) is 7.11 Å². The predicted octanol–water partition coefficient (Wildman–Crippen LogP) is 2.23. The number of hydrogen-bond acceptors (Lipinski definition) is 3. The lowest BCUT2D eigenvalue weighted by atomic mass is 9.95. The van der Waals surface area contributed by atoms with Crippen molar-refractivity contribution < 1.29 is 19.4 Å². The number of carboxylic acid groups (broad SMARTS) is 1. The number of carboxylic acids is 1. The minimum absolute atomic E-state index is 0.0157. The third-order valence-electron chi connectivity index (χ3n) is 2.25. The Kier molecular flexibility index (Phi) is 3.66. The summed E-state index contributed by atoms with van der Waals surface area (Å²) in [6.07, 6.45) is 0. The maximum Gasteiger partial charge on any atom is 0.336 e. The predicted molar refractivity (Wildman–Crippen MR) is 59.1 cm³/mol. The van der Waals surface area contributed by atoms with Crippen LogP contribution in [0.1, 0.15) is 34.6 Å². The van der Waals surface area contributed by atoms with Crippen LogP contribution in [0.3, 0.4) is 0 Å². The van der Waals surface area contributed by atoms with Gasteiger partial charge >= 0.3 is 5.97 Å². The highest BCUT2D eigenvalue weighted by Crippen LogP contribution is 2.25. The molecule has 1 aromatic rings. The number of aromatic carboxylic acids is 1. The molecule has 0 heterocycles. The van der Waals surface area contributed by atoms with Gasteiger partial charge in [-0.25, -0.2) is 4.79 Å². The summed E-state index contributed by atoms with van der Waals surface area (Å²) in [4.78, 5) is 22.9. The van der Waals surface area contributed by atoms with Crippen LogP contribution in [0.25, 0.3) is 0 Å². The van der Waals surface area contributed by atoms with Gasteiger partial charge in [0.25, 0.3) is 0 Å². The fourth-order valence-corrected chi connectivity index (χ4v) is 1.42. The fraction of sp³-hybridized carbons (Fsp3) is 0.333. The van der Waals surface area contributed by atoms with Crippen molar-refractivity contribution in [3.63, 3.8) is 0 Å². The standard InChI is InChI=1S/C12H14O4/c1-7(2)11(13)10-8(12(14)15)5-4-6-9(10)16-3/h4-7H,1-3H3,(H,14,15). The van der Waals surface area contributed by atoms with Gasteiger partial charge in [-0.3, -0.25) is 4.79 Å². The van der Waals surface area contributed by atoms with Gasteiger partial charge in [0.15, 0.2) is 5.78 Å². The van der Waals surface area contributed by atoms with Crippen LogP contribution in [0.4, 0.5) is 0 Å². The van der Waals surface area contributed by atoms with E-state index in [9.17, 15) is 9.59 Å². The number of ketones is 1. The van der Waals surface area contributed by atoms with Gasteiger partial charge in [-0.15, -0.1) is 0 Å². The molecule has 1 aromatic carbocycles. The first-order valence-corrected chi connectivity index (χ1v) is 4.93. The molecule has 4 nitrogen and oxygen atoms in total. The molecule has 0 aliphatic carbocycles. The first kappa shape index (κ1) is 12.2. The number of methoxy groups -OCH3 is 1. The number of carbonyl (C=O) groups is 2. The van der Waals surface area contributed by atoms with Crippen LogP contribution in [0.5, 0.6) is 5.75 Å². The van der Waals surface area contributed by atoms with Gasteiger partial charge in [-0.2, -0.15) is 0 Å². The Bertz CT molecular complexity index is 421. The molecule has 0 unspecified atom stereocenters. The molecule has 16 heavy (non-hydrogen) atoms. The van der Waals surface area contributed by atoms with Crippen LogP contribution in [0.15, 0.2) is 18.2 Å². The molecule has 4 heteroatoms. The van der Waals surface area contributed by atoms with Crippen LogP contribution < -0.4 is 4.74 Å². The van der Waals surface area contributed by atoms with E-state index >= 15 is 0 Å². The van der Waals surface area contributed by atoms with E-state index < -0.39 is 5.97 Å². The van der Waals surface area contributed by atoms with Crippen LogP contribution in [-0.2, 0) is 0 Å². The molecule has 0 aliphatic heterocycles. The van der Waals surface area contributed by atoms with E-state index in [1.165, 1.54) is 13.2 Å². The molecule has 86 valence electrons. The van der Waals surface area contributed by atoms with Gasteiger partial charge in [0, 0.05) is 5.92 Å². The van der Waals surface area contributed by atoms with Crippen molar-refractivity contribution in [2.45, 2.75) is 13.8 Å². The summed E-state index contributed by atoms with van der Waals surface area (Å²) >= 11 is 0. The second-order valence-electron chi connectivity index (χ2n) is 3.71. The number of hydrogen-bond donors (Lipinski definition) is 1. The highest BCUT2D eigenvalue weighted by atomic mass is 16.5.